The Balaban J connectivity index is 1.78. The van der Waals surface area contributed by atoms with E-state index in [1.807, 2.05) is 6.92 Å². The van der Waals surface area contributed by atoms with Gasteiger partial charge in [-0.2, -0.15) is 0 Å². The smallest absolute Gasteiger partial charge is 0.267 e. The van der Waals surface area contributed by atoms with Crippen molar-refractivity contribution in [2.45, 2.75) is 63.0 Å². The lowest BCUT2D eigenvalue weighted by Crippen LogP contribution is -2.18. The summed E-state index contributed by atoms with van der Waals surface area (Å²) in [4.78, 5) is 18.0. The number of rotatable bonds is 6. The largest absolute Gasteiger partial charge is 0.321 e. The van der Waals surface area contributed by atoms with Crippen LogP contribution in [-0.4, -0.2) is 24.6 Å². The summed E-state index contributed by atoms with van der Waals surface area (Å²) in [6.07, 6.45) is 4.20. The lowest BCUT2D eigenvalue weighted by atomic mass is 10.1. The number of hydrogen-bond donors (Lipinski definition) is 1. The minimum absolute atomic E-state index is 0.240. The summed E-state index contributed by atoms with van der Waals surface area (Å²) in [5, 5.41) is 3.48. The number of nitrogens with one attached hydrogen (secondary N) is 1. The van der Waals surface area contributed by atoms with Gasteiger partial charge in [-0.1, -0.05) is 32.8 Å². The highest BCUT2D eigenvalue weighted by atomic mass is 32.2. The van der Waals surface area contributed by atoms with Gasteiger partial charge in [0.15, 0.2) is 9.84 Å². The second kappa shape index (κ2) is 8.10. The SMILES string of the molecule is Cc1nc(CC(C)C)sc1C(=O)Nc1cccc(S(=O)(=O)C2CCCC2)c1. The Labute approximate surface area is 165 Å². The average molecular weight is 407 g/mol. The molecule has 0 bridgehead atoms. The van der Waals surface area contributed by atoms with E-state index in [1.54, 1.807) is 24.3 Å². The van der Waals surface area contributed by atoms with Gasteiger partial charge in [0.25, 0.3) is 5.91 Å². The highest BCUT2D eigenvalue weighted by Gasteiger charge is 2.30. The molecule has 1 aromatic carbocycles. The monoisotopic (exact) mass is 406 g/mol. The van der Waals surface area contributed by atoms with Gasteiger partial charge < -0.3 is 5.32 Å². The van der Waals surface area contributed by atoms with Gasteiger partial charge in [0.05, 0.1) is 20.8 Å². The fourth-order valence-corrected chi connectivity index (χ4v) is 6.50. The molecule has 2 aromatic rings. The van der Waals surface area contributed by atoms with Crippen molar-refractivity contribution in [2.24, 2.45) is 5.92 Å². The molecule has 0 spiro atoms. The number of hydrogen-bond acceptors (Lipinski definition) is 5. The Morgan fingerprint density at radius 2 is 2.00 bits per heavy atom. The molecule has 1 amide bonds. The van der Waals surface area contributed by atoms with Crippen molar-refractivity contribution in [3.05, 3.63) is 39.8 Å². The topological polar surface area (TPSA) is 76.1 Å². The average Bonchev–Trinajstić information content (AvgIpc) is 3.25. The van der Waals surface area contributed by atoms with Crippen LogP contribution in [0, 0.1) is 12.8 Å². The van der Waals surface area contributed by atoms with Crippen molar-refractivity contribution in [1.29, 1.82) is 0 Å². The predicted octanol–water partition coefficient (Wildman–Crippen LogP) is 4.62. The lowest BCUT2D eigenvalue weighted by Gasteiger charge is -2.12. The molecule has 0 aliphatic heterocycles. The van der Waals surface area contributed by atoms with Crippen molar-refractivity contribution in [3.8, 4) is 0 Å². The first kappa shape index (κ1) is 20.0. The zero-order chi connectivity index (χ0) is 19.6. The van der Waals surface area contributed by atoms with E-state index >= 15 is 0 Å². The molecule has 0 unspecified atom stereocenters. The summed E-state index contributed by atoms with van der Waals surface area (Å²) >= 11 is 1.40. The summed E-state index contributed by atoms with van der Waals surface area (Å²) < 4.78 is 25.6. The van der Waals surface area contributed by atoms with Gasteiger partial charge in [-0.3, -0.25) is 4.79 Å². The van der Waals surface area contributed by atoms with Gasteiger partial charge in [-0.05, 0) is 43.9 Å². The lowest BCUT2D eigenvalue weighted by molar-refractivity contribution is 0.102. The molecule has 146 valence electrons. The van der Waals surface area contributed by atoms with Gasteiger partial charge in [0.2, 0.25) is 0 Å². The van der Waals surface area contributed by atoms with Crippen LogP contribution in [0.25, 0.3) is 0 Å². The third kappa shape index (κ3) is 4.58. The van der Waals surface area contributed by atoms with Crippen LogP contribution in [0.4, 0.5) is 5.69 Å². The number of aromatic nitrogens is 1. The van der Waals surface area contributed by atoms with Crippen LogP contribution in [0.3, 0.4) is 0 Å². The van der Waals surface area contributed by atoms with Crippen LogP contribution < -0.4 is 5.32 Å². The molecule has 0 atom stereocenters. The van der Waals surface area contributed by atoms with E-state index in [2.05, 4.69) is 24.1 Å². The van der Waals surface area contributed by atoms with Crippen LogP contribution in [0.15, 0.2) is 29.2 Å². The van der Waals surface area contributed by atoms with E-state index < -0.39 is 9.84 Å². The Kier molecular flexibility index (Phi) is 6.01. The third-order valence-corrected chi connectivity index (χ3v) is 8.23. The minimum atomic E-state index is -3.34. The maximum absolute atomic E-state index is 12.8. The van der Waals surface area contributed by atoms with Crippen molar-refractivity contribution < 1.29 is 13.2 Å². The second-order valence-electron chi connectivity index (χ2n) is 7.55. The van der Waals surface area contributed by atoms with E-state index in [9.17, 15) is 13.2 Å². The van der Waals surface area contributed by atoms with Crippen LogP contribution in [0.5, 0.6) is 0 Å². The summed E-state index contributed by atoms with van der Waals surface area (Å²) in [5.74, 6) is 0.236. The van der Waals surface area contributed by atoms with E-state index in [-0.39, 0.29) is 16.1 Å². The molecular weight excluding hydrogens is 380 g/mol. The molecular formula is C20H26N2O3S2. The number of benzene rings is 1. The summed E-state index contributed by atoms with van der Waals surface area (Å²) in [6, 6.07) is 6.58. The number of sulfone groups is 1. The highest BCUT2D eigenvalue weighted by Crippen LogP contribution is 2.31. The fraction of sp³-hybridized carbons (Fsp3) is 0.500. The number of anilines is 1. The van der Waals surface area contributed by atoms with Gasteiger partial charge in [-0.25, -0.2) is 13.4 Å². The van der Waals surface area contributed by atoms with E-state index in [0.29, 0.717) is 22.2 Å². The third-order valence-electron chi connectivity index (χ3n) is 4.79. The molecule has 0 radical (unpaired) electrons. The van der Waals surface area contributed by atoms with E-state index in [4.69, 9.17) is 0 Å². The Morgan fingerprint density at radius 1 is 1.30 bits per heavy atom. The Morgan fingerprint density at radius 3 is 2.67 bits per heavy atom. The number of carbonyl (C=O) groups is 1. The maximum Gasteiger partial charge on any atom is 0.267 e. The highest BCUT2D eigenvalue weighted by molar-refractivity contribution is 7.92. The number of thiazole rings is 1. The summed E-state index contributed by atoms with van der Waals surface area (Å²) in [5.41, 5.74) is 1.21. The van der Waals surface area contributed by atoms with Crippen molar-refractivity contribution >= 4 is 32.8 Å². The predicted molar refractivity (Wildman–Crippen MR) is 109 cm³/mol. The molecule has 1 aliphatic carbocycles. The molecule has 1 saturated carbocycles. The molecule has 27 heavy (non-hydrogen) atoms. The van der Waals surface area contributed by atoms with Crippen molar-refractivity contribution in [2.75, 3.05) is 5.32 Å². The van der Waals surface area contributed by atoms with Crippen LogP contribution >= 0.6 is 11.3 Å². The normalized spacial score (nSPS) is 15.4. The van der Waals surface area contributed by atoms with Crippen LogP contribution in [-0.2, 0) is 16.3 Å². The number of aryl methyl sites for hydroxylation is 1. The van der Waals surface area contributed by atoms with Gasteiger partial charge in [0, 0.05) is 12.1 Å². The minimum Gasteiger partial charge on any atom is -0.321 e. The maximum atomic E-state index is 12.8. The molecule has 5 nitrogen and oxygen atoms in total. The van der Waals surface area contributed by atoms with E-state index in [0.717, 1.165) is 37.1 Å². The number of carbonyl (C=O) groups excluding carboxylic acids is 1. The summed E-state index contributed by atoms with van der Waals surface area (Å²) in [7, 11) is -3.34. The molecule has 3 rings (SSSR count). The first-order chi connectivity index (χ1) is 12.8. The zero-order valence-electron chi connectivity index (χ0n) is 16.0. The molecule has 1 aliphatic rings. The van der Waals surface area contributed by atoms with Crippen LogP contribution in [0.2, 0.25) is 0 Å². The number of nitrogens with zero attached hydrogens (tertiary/aromatic N) is 1. The molecule has 0 saturated heterocycles. The number of amides is 1. The van der Waals surface area contributed by atoms with Gasteiger partial charge in [0.1, 0.15) is 4.88 Å². The Bertz CT molecular complexity index is 926. The molecule has 1 fully saturated rings. The molecule has 1 N–H and O–H groups in total. The standard InChI is InChI=1S/C20H26N2O3S2/c1-13(2)11-18-21-14(3)19(26-18)20(23)22-15-7-6-10-17(12-15)27(24,25)16-8-4-5-9-16/h6-7,10,12-13,16H,4-5,8-9,11H2,1-3H3,(H,22,23). The Hall–Kier alpha value is -1.73. The van der Waals surface area contributed by atoms with Gasteiger partial charge in [-0.15, -0.1) is 11.3 Å². The quantitative estimate of drug-likeness (QED) is 0.759. The van der Waals surface area contributed by atoms with Crippen molar-refractivity contribution in [1.82, 2.24) is 4.98 Å². The zero-order valence-corrected chi connectivity index (χ0v) is 17.6. The molecule has 1 aromatic heterocycles. The van der Waals surface area contributed by atoms with Crippen LogP contribution in [0.1, 0.15) is 59.9 Å². The second-order valence-corrected chi connectivity index (χ2v) is 10.9. The summed E-state index contributed by atoms with van der Waals surface area (Å²) in [6.45, 7) is 6.07. The molecule has 7 heteroatoms. The first-order valence-electron chi connectivity index (χ1n) is 9.39. The van der Waals surface area contributed by atoms with Crippen molar-refractivity contribution in [3.63, 3.8) is 0 Å². The molecule has 1 heterocycles. The van der Waals surface area contributed by atoms with E-state index in [1.165, 1.54) is 11.3 Å². The first-order valence-corrected chi connectivity index (χ1v) is 11.7. The fourth-order valence-electron chi connectivity index (χ4n) is 3.43. The van der Waals surface area contributed by atoms with Gasteiger partial charge >= 0.3 is 0 Å².